The van der Waals surface area contributed by atoms with Crippen LogP contribution in [0.1, 0.15) is 5.69 Å². The average molecular weight is 473 g/mol. The van der Waals surface area contributed by atoms with E-state index >= 15 is 0 Å². The summed E-state index contributed by atoms with van der Waals surface area (Å²) in [6.07, 6.45) is 7.07. The molecule has 1 saturated heterocycles. The third-order valence-corrected chi connectivity index (χ3v) is 7.86. The quantitative estimate of drug-likeness (QED) is 0.408. The minimum Gasteiger partial charge on any atom is -0.355 e. The van der Waals surface area contributed by atoms with Crippen LogP contribution in [-0.4, -0.2) is 59.5 Å². The Bertz CT molecular complexity index is 1560. The summed E-state index contributed by atoms with van der Waals surface area (Å²) in [6.45, 7) is 2.38. The van der Waals surface area contributed by atoms with E-state index in [9.17, 15) is 0 Å². The van der Waals surface area contributed by atoms with Crippen LogP contribution in [0.4, 0.5) is 5.82 Å². The number of nitrogens with one attached hydrogen (secondary N) is 1. The molecule has 5 aromatic rings. The van der Waals surface area contributed by atoms with Gasteiger partial charge in [-0.05, 0) is 30.0 Å². The van der Waals surface area contributed by atoms with Gasteiger partial charge >= 0.3 is 0 Å². The topological polar surface area (TPSA) is 127 Å². The maximum absolute atomic E-state index is 6.65. The number of piperidine rings is 1. The number of aromatic amines is 1. The zero-order chi connectivity index (χ0) is 23.0. The smallest absolute Gasteiger partial charge is 0.177 e. The molecule has 1 aromatic carbocycles. The molecule has 10 nitrogen and oxygen atoms in total. The van der Waals surface area contributed by atoms with Gasteiger partial charge in [0, 0.05) is 56.3 Å². The van der Waals surface area contributed by atoms with Crippen LogP contribution in [0.25, 0.3) is 33.5 Å². The van der Waals surface area contributed by atoms with Crippen LogP contribution >= 0.6 is 11.6 Å². The molecule has 4 aromatic heterocycles. The van der Waals surface area contributed by atoms with Crippen LogP contribution in [0.2, 0.25) is 5.02 Å². The Balaban J connectivity index is 1.19. The van der Waals surface area contributed by atoms with E-state index in [1.165, 1.54) is 0 Å². The zero-order valence-corrected chi connectivity index (χ0v) is 19.1. The first-order valence-electron chi connectivity index (χ1n) is 11.2. The van der Waals surface area contributed by atoms with Crippen LogP contribution < -0.4 is 10.6 Å². The van der Waals surface area contributed by atoms with E-state index in [1.54, 1.807) is 12.4 Å². The summed E-state index contributed by atoms with van der Waals surface area (Å²) in [5, 5.41) is 12.7. The maximum atomic E-state index is 6.65. The lowest BCUT2D eigenvalue weighted by Gasteiger charge is -2.25. The number of anilines is 1. The van der Waals surface area contributed by atoms with E-state index in [0.717, 1.165) is 35.7 Å². The lowest BCUT2D eigenvalue weighted by Crippen LogP contribution is -2.35. The fourth-order valence-electron chi connectivity index (χ4n) is 5.69. The monoisotopic (exact) mass is 472 g/mol. The highest BCUT2D eigenvalue weighted by atomic mass is 35.5. The third-order valence-electron chi connectivity index (χ3n) is 7.48. The van der Waals surface area contributed by atoms with E-state index in [1.807, 2.05) is 36.3 Å². The van der Waals surface area contributed by atoms with Gasteiger partial charge in [-0.3, -0.25) is 19.7 Å². The molecule has 3 N–H and O–H groups in total. The van der Waals surface area contributed by atoms with Gasteiger partial charge in [0.15, 0.2) is 5.65 Å². The summed E-state index contributed by atoms with van der Waals surface area (Å²) in [4.78, 5) is 20.5. The van der Waals surface area contributed by atoms with Crippen molar-refractivity contribution in [1.29, 1.82) is 0 Å². The summed E-state index contributed by atoms with van der Waals surface area (Å²) in [5.41, 5.74) is 11.4. The van der Waals surface area contributed by atoms with Gasteiger partial charge in [0.05, 0.1) is 22.4 Å². The van der Waals surface area contributed by atoms with E-state index < -0.39 is 0 Å². The molecule has 0 bridgehead atoms. The number of rotatable bonds is 4. The van der Waals surface area contributed by atoms with Gasteiger partial charge < -0.3 is 10.6 Å². The first-order valence-corrected chi connectivity index (χ1v) is 11.5. The van der Waals surface area contributed by atoms with E-state index in [2.05, 4.69) is 36.2 Å². The Morgan fingerprint density at radius 1 is 1.12 bits per heavy atom. The highest BCUT2D eigenvalue weighted by molar-refractivity contribution is 6.37. The summed E-state index contributed by atoms with van der Waals surface area (Å²) in [6, 6.07) is 5.87. The molecule has 170 valence electrons. The molecule has 7 rings (SSSR count). The van der Waals surface area contributed by atoms with Crippen molar-refractivity contribution in [1.82, 2.24) is 39.9 Å². The number of nitrogens with zero attached hydrogens (tertiary/aromatic N) is 8. The summed E-state index contributed by atoms with van der Waals surface area (Å²) < 4.78 is 1.85. The van der Waals surface area contributed by atoms with E-state index in [-0.39, 0.29) is 5.41 Å². The van der Waals surface area contributed by atoms with Crippen LogP contribution in [0.15, 0.2) is 43.0 Å². The van der Waals surface area contributed by atoms with Gasteiger partial charge in [0.1, 0.15) is 22.5 Å². The minimum atomic E-state index is -0.0217. The Hall–Kier alpha value is -3.63. The summed E-state index contributed by atoms with van der Waals surface area (Å²) in [7, 11) is 1.94. The molecule has 5 heterocycles. The predicted octanol–water partition coefficient (Wildman–Crippen LogP) is 2.31. The third kappa shape index (κ3) is 2.60. The lowest BCUT2D eigenvalue weighted by molar-refractivity contribution is 0.529. The van der Waals surface area contributed by atoms with Crippen LogP contribution in [0.5, 0.6) is 0 Å². The molecule has 0 amide bonds. The van der Waals surface area contributed by atoms with Crippen molar-refractivity contribution >= 4 is 39.6 Å². The molecular formula is C23H21ClN10. The second kappa shape index (κ2) is 6.94. The second-order valence-electron chi connectivity index (χ2n) is 9.09. The minimum absolute atomic E-state index is 0.0217. The predicted molar refractivity (Wildman–Crippen MR) is 128 cm³/mol. The van der Waals surface area contributed by atoms with Crippen molar-refractivity contribution in [3.8, 4) is 11.3 Å². The number of halogens is 1. The highest BCUT2D eigenvalue weighted by Crippen LogP contribution is 2.62. The van der Waals surface area contributed by atoms with Gasteiger partial charge in [-0.1, -0.05) is 11.6 Å². The number of aryl methyl sites for hydroxylation is 1. The first kappa shape index (κ1) is 19.8. The van der Waals surface area contributed by atoms with Gasteiger partial charge in [-0.2, -0.15) is 10.2 Å². The fraction of sp³-hybridized carbons (Fsp3) is 0.304. The van der Waals surface area contributed by atoms with Gasteiger partial charge in [-0.25, -0.2) is 9.97 Å². The Kier molecular flexibility index (Phi) is 4.04. The van der Waals surface area contributed by atoms with Crippen molar-refractivity contribution in [3.05, 3.63) is 53.7 Å². The Labute approximate surface area is 199 Å². The summed E-state index contributed by atoms with van der Waals surface area (Å²) in [5.74, 6) is 1.77. The molecule has 11 heteroatoms. The first-order chi connectivity index (χ1) is 16.6. The molecule has 1 saturated carbocycles. The number of H-pyrrole nitrogens is 1. The van der Waals surface area contributed by atoms with Crippen LogP contribution in [0, 0.1) is 11.8 Å². The molecule has 2 aliphatic rings. The normalized spacial score (nSPS) is 23.7. The molecule has 0 radical (unpaired) electrons. The molecule has 0 spiro atoms. The van der Waals surface area contributed by atoms with Crippen LogP contribution in [0.3, 0.4) is 0 Å². The number of hydrogen-bond donors (Lipinski definition) is 2. The molecule has 2 fully saturated rings. The maximum Gasteiger partial charge on any atom is 0.177 e. The second-order valence-corrected chi connectivity index (χ2v) is 9.46. The molecule has 1 aliphatic carbocycles. The van der Waals surface area contributed by atoms with Crippen molar-refractivity contribution in [2.75, 3.05) is 24.5 Å². The SMILES string of the molecule is Cn1ccc(C2(CN)[C@@H]3CN(c4cnc5c(-c6ccc7nccnc7c6Cl)n[nH]c5n4)C[C@@H]32)n1. The molecular weight excluding hydrogens is 452 g/mol. The van der Waals surface area contributed by atoms with Gasteiger partial charge in [-0.15, -0.1) is 0 Å². The standard InChI is InChI=1S/C23H21ClN10/c1-33-7-4-16(32-33)23(11-25)13-9-34(10-14(13)23)17-8-28-21-19(30-31-22(21)29-17)12-2-3-15-20(18(12)24)27-6-5-26-15/h2-8,13-14H,9-11,25H2,1H3,(H,29,30,31)/t13-,14+,23?. The van der Waals surface area contributed by atoms with Crippen molar-refractivity contribution in [2.45, 2.75) is 5.41 Å². The van der Waals surface area contributed by atoms with Gasteiger partial charge in [0.2, 0.25) is 0 Å². The summed E-state index contributed by atoms with van der Waals surface area (Å²) >= 11 is 6.65. The number of aromatic nitrogens is 8. The Morgan fingerprint density at radius 3 is 2.71 bits per heavy atom. The molecule has 34 heavy (non-hydrogen) atoms. The van der Waals surface area contributed by atoms with E-state index in [4.69, 9.17) is 27.3 Å². The number of nitrogens with two attached hydrogens (primary N) is 1. The number of hydrogen-bond acceptors (Lipinski definition) is 8. The highest BCUT2D eigenvalue weighted by Gasteiger charge is 2.69. The van der Waals surface area contributed by atoms with E-state index in [0.29, 0.717) is 45.8 Å². The van der Waals surface area contributed by atoms with Gasteiger partial charge in [0.25, 0.3) is 0 Å². The molecule has 1 aliphatic heterocycles. The fourth-order valence-corrected chi connectivity index (χ4v) is 5.99. The van der Waals surface area contributed by atoms with Crippen molar-refractivity contribution in [2.24, 2.45) is 24.6 Å². The molecule has 3 atom stereocenters. The van der Waals surface area contributed by atoms with Crippen LogP contribution in [-0.2, 0) is 12.5 Å². The lowest BCUT2D eigenvalue weighted by atomic mass is 9.95. The molecule has 1 unspecified atom stereocenters. The van der Waals surface area contributed by atoms with Crippen molar-refractivity contribution < 1.29 is 0 Å². The average Bonchev–Trinajstić information content (AvgIpc) is 3.35. The zero-order valence-electron chi connectivity index (χ0n) is 18.4. The van der Waals surface area contributed by atoms with Crippen molar-refractivity contribution in [3.63, 3.8) is 0 Å². The number of benzene rings is 1. The Morgan fingerprint density at radius 2 is 1.94 bits per heavy atom. The number of fused-ring (bicyclic) bond motifs is 3. The largest absolute Gasteiger partial charge is 0.355 e.